The molecular formula is C30H23ClN4O3. The lowest BCUT2D eigenvalue weighted by atomic mass is 10.2. The smallest absolute Gasteiger partial charge is 0.229 e. The van der Waals surface area contributed by atoms with Gasteiger partial charge < -0.3 is 24.8 Å². The van der Waals surface area contributed by atoms with E-state index in [4.69, 9.17) is 42.2 Å². The average molecular weight is 523 g/mol. The molecule has 7 nitrogen and oxygen atoms in total. The van der Waals surface area contributed by atoms with Crippen LogP contribution in [0, 0.1) is 12.3 Å². The molecule has 0 spiro atoms. The Morgan fingerprint density at radius 2 is 1.45 bits per heavy atom. The molecule has 0 aliphatic heterocycles. The van der Waals surface area contributed by atoms with Crippen LogP contribution >= 0.6 is 11.6 Å². The van der Waals surface area contributed by atoms with Crippen molar-refractivity contribution in [2.45, 2.75) is 0 Å². The van der Waals surface area contributed by atoms with Gasteiger partial charge in [-0.1, -0.05) is 23.6 Å². The number of fused-ring (bicyclic) bond motifs is 1. The standard InChI is InChI=1S/C30H23ClN4O3/c1-4-19-6-5-7-22(16-19)32-29-25-17-27(36-2)28(37-3)18-26(25)34-30(35-29)33-21-10-14-24(15-11-21)38-23-12-8-20(31)9-13-23/h1,5-18H,2-3H3,(H2,32,33,34,35). The van der Waals surface area contributed by atoms with Gasteiger partial charge in [-0.3, -0.25) is 0 Å². The van der Waals surface area contributed by atoms with Crippen molar-refractivity contribution in [1.82, 2.24) is 9.97 Å². The maximum atomic E-state index is 5.95. The minimum absolute atomic E-state index is 0.395. The molecule has 0 radical (unpaired) electrons. The van der Waals surface area contributed by atoms with Gasteiger partial charge in [-0.15, -0.1) is 6.42 Å². The molecule has 5 aromatic rings. The van der Waals surface area contributed by atoms with Crippen molar-refractivity contribution in [2.24, 2.45) is 0 Å². The molecule has 5 rings (SSSR count). The van der Waals surface area contributed by atoms with Crippen LogP contribution in [0.5, 0.6) is 23.0 Å². The number of hydrogen-bond acceptors (Lipinski definition) is 7. The Morgan fingerprint density at radius 1 is 0.763 bits per heavy atom. The summed E-state index contributed by atoms with van der Waals surface area (Å²) >= 11 is 5.95. The molecular weight excluding hydrogens is 500 g/mol. The first-order valence-electron chi connectivity index (χ1n) is 11.6. The monoisotopic (exact) mass is 522 g/mol. The first kappa shape index (κ1) is 24.8. The third kappa shape index (κ3) is 5.56. The van der Waals surface area contributed by atoms with E-state index in [9.17, 15) is 0 Å². The van der Waals surface area contributed by atoms with E-state index < -0.39 is 0 Å². The molecule has 0 aliphatic carbocycles. The van der Waals surface area contributed by atoms with E-state index in [1.807, 2.05) is 72.8 Å². The number of aromatic nitrogens is 2. The molecule has 0 aliphatic rings. The molecule has 0 fully saturated rings. The summed E-state index contributed by atoms with van der Waals surface area (Å²) in [5, 5.41) is 8.04. The van der Waals surface area contributed by atoms with Gasteiger partial charge in [0.25, 0.3) is 0 Å². The molecule has 0 saturated carbocycles. The van der Waals surface area contributed by atoms with Gasteiger partial charge >= 0.3 is 0 Å². The zero-order chi connectivity index (χ0) is 26.5. The van der Waals surface area contributed by atoms with Gasteiger partial charge in [-0.25, -0.2) is 4.98 Å². The second-order valence-electron chi connectivity index (χ2n) is 8.18. The Morgan fingerprint density at radius 3 is 2.13 bits per heavy atom. The first-order chi connectivity index (χ1) is 18.5. The lowest BCUT2D eigenvalue weighted by Gasteiger charge is -2.15. The number of nitrogens with zero attached hydrogens (tertiary/aromatic N) is 2. The van der Waals surface area contributed by atoms with Crippen LogP contribution in [0.25, 0.3) is 10.9 Å². The lowest BCUT2D eigenvalue weighted by Crippen LogP contribution is -2.03. The largest absolute Gasteiger partial charge is 0.493 e. The van der Waals surface area contributed by atoms with E-state index in [0.717, 1.165) is 22.3 Å². The number of nitrogens with one attached hydrogen (secondary N) is 2. The first-order valence-corrected chi connectivity index (χ1v) is 12.0. The highest BCUT2D eigenvalue weighted by Gasteiger charge is 2.14. The van der Waals surface area contributed by atoms with Crippen LogP contribution in [0.1, 0.15) is 5.56 Å². The van der Waals surface area contributed by atoms with Crippen LogP contribution in [0.3, 0.4) is 0 Å². The Labute approximate surface area is 225 Å². The summed E-state index contributed by atoms with van der Waals surface area (Å²) in [6.07, 6.45) is 5.58. The summed E-state index contributed by atoms with van der Waals surface area (Å²) < 4.78 is 16.9. The molecule has 4 aromatic carbocycles. The summed E-state index contributed by atoms with van der Waals surface area (Å²) in [6, 6.07) is 25.9. The summed E-state index contributed by atoms with van der Waals surface area (Å²) in [4.78, 5) is 9.47. The van der Waals surface area contributed by atoms with Crippen LogP contribution in [-0.2, 0) is 0 Å². The molecule has 0 amide bonds. The minimum atomic E-state index is 0.395. The second-order valence-corrected chi connectivity index (χ2v) is 8.61. The molecule has 1 aromatic heterocycles. The Kier molecular flexibility index (Phi) is 7.16. The van der Waals surface area contributed by atoms with Crippen LogP contribution in [0.4, 0.5) is 23.1 Å². The number of halogens is 1. The van der Waals surface area contributed by atoms with E-state index in [-0.39, 0.29) is 0 Å². The molecule has 1 heterocycles. The SMILES string of the molecule is C#Cc1cccc(Nc2nc(Nc3ccc(Oc4ccc(Cl)cc4)cc3)nc3cc(OC)c(OC)cc23)c1. The molecule has 0 bridgehead atoms. The highest BCUT2D eigenvalue weighted by molar-refractivity contribution is 6.30. The molecule has 2 N–H and O–H groups in total. The van der Waals surface area contributed by atoms with E-state index in [1.165, 1.54) is 0 Å². The summed E-state index contributed by atoms with van der Waals surface area (Å²) in [7, 11) is 3.17. The molecule has 188 valence electrons. The van der Waals surface area contributed by atoms with Crippen molar-refractivity contribution in [3.05, 3.63) is 95.5 Å². The number of benzene rings is 4. The fourth-order valence-corrected chi connectivity index (χ4v) is 3.93. The predicted molar refractivity (Wildman–Crippen MR) is 152 cm³/mol. The maximum Gasteiger partial charge on any atom is 0.229 e. The normalized spacial score (nSPS) is 10.5. The number of ether oxygens (including phenoxy) is 3. The van der Waals surface area contributed by atoms with Gasteiger partial charge in [-0.2, -0.15) is 4.98 Å². The lowest BCUT2D eigenvalue weighted by molar-refractivity contribution is 0.356. The highest BCUT2D eigenvalue weighted by atomic mass is 35.5. The predicted octanol–water partition coefficient (Wildman–Crippen LogP) is 7.56. The number of methoxy groups -OCH3 is 2. The Bertz CT molecular complexity index is 1630. The number of anilines is 4. The molecule has 8 heteroatoms. The van der Waals surface area contributed by atoms with Gasteiger partial charge in [0.2, 0.25) is 5.95 Å². The second kappa shape index (κ2) is 11.0. The van der Waals surface area contributed by atoms with Gasteiger partial charge in [0.05, 0.1) is 19.7 Å². The van der Waals surface area contributed by atoms with E-state index in [2.05, 4.69) is 16.6 Å². The summed E-state index contributed by atoms with van der Waals surface area (Å²) in [5.41, 5.74) is 3.00. The van der Waals surface area contributed by atoms with Crippen molar-refractivity contribution in [2.75, 3.05) is 24.9 Å². The molecule has 0 atom stereocenters. The summed E-state index contributed by atoms with van der Waals surface area (Å²) in [6.45, 7) is 0. The van der Waals surface area contributed by atoms with Crippen molar-refractivity contribution >= 4 is 45.6 Å². The number of terminal acetylenes is 1. The van der Waals surface area contributed by atoms with Crippen molar-refractivity contribution in [1.29, 1.82) is 0 Å². The summed E-state index contributed by atoms with van der Waals surface area (Å²) in [5.74, 6) is 6.14. The van der Waals surface area contributed by atoms with E-state index >= 15 is 0 Å². The molecule has 38 heavy (non-hydrogen) atoms. The third-order valence-corrected chi connectivity index (χ3v) is 5.90. The zero-order valence-corrected chi connectivity index (χ0v) is 21.4. The van der Waals surface area contributed by atoms with Crippen molar-refractivity contribution < 1.29 is 14.2 Å². The van der Waals surface area contributed by atoms with E-state index in [1.54, 1.807) is 26.4 Å². The Hall–Kier alpha value is -4.93. The van der Waals surface area contributed by atoms with Gasteiger partial charge in [0.15, 0.2) is 11.5 Å². The van der Waals surface area contributed by atoms with E-state index in [0.29, 0.717) is 45.3 Å². The fraction of sp³-hybridized carbons (Fsp3) is 0.0667. The van der Waals surface area contributed by atoms with Crippen molar-refractivity contribution in [3.8, 4) is 35.3 Å². The third-order valence-electron chi connectivity index (χ3n) is 5.65. The van der Waals surface area contributed by atoms with Gasteiger partial charge in [0.1, 0.15) is 17.3 Å². The number of hydrogen-bond donors (Lipinski definition) is 2. The van der Waals surface area contributed by atoms with Crippen LogP contribution < -0.4 is 24.8 Å². The zero-order valence-electron chi connectivity index (χ0n) is 20.7. The van der Waals surface area contributed by atoms with Crippen LogP contribution in [0.15, 0.2) is 84.9 Å². The van der Waals surface area contributed by atoms with Crippen molar-refractivity contribution in [3.63, 3.8) is 0 Å². The quantitative estimate of drug-likeness (QED) is 0.203. The van der Waals surface area contributed by atoms with Gasteiger partial charge in [0, 0.05) is 33.4 Å². The number of rotatable bonds is 8. The maximum absolute atomic E-state index is 5.95. The average Bonchev–Trinajstić information content (AvgIpc) is 2.94. The minimum Gasteiger partial charge on any atom is -0.493 e. The molecule has 0 saturated heterocycles. The highest BCUT2D eigenvalue weighted by Crippen LogP contribution is 2.36. The Balaban J connectivity index is 1.47. The molecule has 0 unspecified atom stereocenters. The van der Waals surface area contributed by atoms with Crippen LogP contribution in [0.2, 0.25) is 5.02 Å². The van der Waals surface area contributed by atoms with Crippen LogP contribution in [-0.4, -0.2) is 24.2 Å². The topological polar surface area (TPSA) is 77.5 Å². The fourth-order valence-electron chi connectivity index (χ4n) is 3.80. The van der Waals surface area contributed by atoms with Gasteiger partial charge in [-0.05, 0) is 72.8 Å².